The maximum Gasteiger partial charge on any atom is 0.263 e. The van der Waals surface area contributed by atoms with Gasteiger partial charge in [0.1, 0.15) is 10.7 Å². The van der Waals surface area contributed by atoms with E-state index in [1.165, 1.54) is 18.2 Å². The van der Waals surface area contributed by atoms with E-state index in [2.05, 4.69) is 36.6 Å². The van der Waals surface area contributed by atoms with Crippen molar-refractivity contribution < 1.29 is 12.8 Å². The van der Waals surface area contributed by atoms with Crippen LogP contribution >= 0.6 is 43.5 Å². The zero-order valence-electron chi connectivity index (χ0n) is 10.2. The van der Waals surface area contributed by atoms with Gasteiger partial charge < -0.3 is 5.73 Å². The van der Waals surface area contributed by atoms with Crippen LogP contribution in [0.25, 0.3) is 0 Å². The van der Waals surface area contributed by atoms with Gasteiger partial charge in [0.25, 0.3) is 10.0 Å². The quantitative estimate of drug-likeness (QED) is 0.671. The average molecular weight is 459 g/mol. The highest BCUT2D eigenvalue weighted by Gasteiger charge is 2.20. The molecule has 0 saturated heterocycles. The molecule has 21 heavy (non-hydrogen) atoms. The minimum Gasteiger partial charge on any atom is -0.398 e. The molecule has 0 saturated carbocycles. The van der Waals surface area contributed by atoms with E-state index in [9.17, 15) is 12.8 Å². The summed E-state index contributed by atoms with van der Waals surface area (Å²) >= 11 is 12.0. The van der Waals surface area contributed by atoms with Crippen LogP contribution in [0.2, 0.25) is 5.02 Å². The van der Waals surface area contributed by atoms with Crippen LogP contribution in [0.15, 0.2) is 44.2 Å². The van der Waals surface area contributed by atoms with Gasteiger partial charge in [-0.2, -0.15) is 0 Å². The summed E-state index contributed by atoms with van der Waals surface area (Å²) in [6.07, 6.45) is 0. The second kappa shape index (κ2) is 6.12. The van der Waals surface area contributed by atoms with Gasteiger partial charge in [-0.05, 0) is 62.2 Å². The van der Waals surface area contributed by atoms with E-state index in [-0.39, 0.29) is 15.1 Å². The van der Waals surface area contributed by atoms with Crippen molar-refractivity contribution in [2.45, 2.75) is 4.90 Å². The molecule has 0 bridgehead atoms. The topological polar surface area (TPSA) is 72.2 Å². The Morgan fingerprint density at radius 3 is 2.43 bits per heavy atom. The van der Waals surface area contributed by atoms with Crippen molar-refractivity contribution in [1.82, 2.24) is 0 Å². The summed E-state index contributed by atoms with van der Waals surface area (Å²) in [7, 11) is -3.95. The fourth-order valence-electron chi connectivity index (χ4n) is 1.55. The van der Waals surface area contributed by atoms with Crippen LogP contribution in [0.1, 0.15) is 0 Å². The number of hydrogen-bond donors (Lipinski definition) is 2. The van der Waals surface area contributed by atoms with Gasteiger partial charge in [0.05, 0.1) is 20.9 Å². The fourth-order valence-corrected chi connectivity index (χ4v) is 3.73. The van der Waals surface area contributed by atoms with Gasteiger partial charge >= 0.3 is 0 Å². The van der Waals surface area contributed by atoms with Crippen molar-refractivity contribution in [1.29, 1.82) is 0 Å². The maximum absolute atomic E-state index is 13.3. The highest BCUT2D eigenvalue weighted by atomic mass is 79.9. The Morgan fingerprint density at radius 1 is 1.14 bits per heavy atom. The molecule has 0 fully saturated rings. The number of nitrogens with one attached hydrogen (secondary N) is 1. The first kappa shape index (κ1) is 16.5. The molecule has 0 spiro atoms. The van der Waals surface area contributed by atoms with Crippen LogP contribution in [0.5, 0.6) is 0 Å². The second-order valence-electron chi connectivity index (χ2n) is 4.04. The lowest BCUT2D eigenvalue weighted by atomic mass is 10.3. The summed E-state index contributed by atoms with van der Waals surface area (Å²) in [5, 5.41) is 0.446. The molecule has 0 aliphatic rings. The number of halogens is 4. The van der Waals surface area contributed by atoms with E-state index in [4.69, 9.17) is 17.3 Å². The zero-order valence-corrected chi connectivity index (χ0v) is 14.9. The average Bonchev–Trinajstić information content (AvgIpc) is 2.37. The Labute approximate surface area is 142 Å². The summed E-state index contributed by atoms with van der Waals surface area (Å²) in [6, 6.07) is 6.59. The van der Waals surface area contributed by atoms with E-state index in [1.54, 1.807) is 0 Å². The van der Waals surface area contributed by atoms with Gasteiger partial charge in [0.15, 0.2) is 0 Å². The number of nitrogens with two attached hydrogens (primary N) is 1. The molecule has 0 aromatic heterocycles. The third-order valence-corrected chi connectivity index (χ3v) is 5.77. The predicted octanol–water partition coefficient (Wildman–Crippen LogP) is 4.39. The highest BCUT2D eigenvalue weighted by Crippen LogP contribution is 2.30. The molecule has 0 amide bonds. The molecule has 9 heteroatoms. The molecule has 2 rings (SSSR count). The summed E-state index contributed by atoms with van der Waals surface area (Å²) in [6.45, 7) is 0. The minimum absolute atomic E-state index is 0.00867. The summed E-state index contributed by atoms with van der Waals surface area (Å²) in [5.41, 5.74) is 5.69. The normalized spacial score (nSPS) is 11.4. The molecule has 112 valence electrons. The van der Waals surface area contributed by atoms with E-state index >= 15 is 0 Å². The third-order valence-electron chi connectivity index (χ3n) is 2.51. The smallest absolute Gasteiger partial charge is 0.263 e. The predicted molar refractivity (Wildman–Crippen MR) is 88.5 cm³/mol. The lowest BCUT2D eigenvalue weighted by molar-refractivity contribution is 0.599. The molecule has 2 aromatic rings. The van der Waals surface area contributed by atoms with Crippen LogP contribution in [0, 0.1) is 5.82 Å². The van der Waals surface area contributed by atoms with Crippen LogP contribution in [0.4, 0.5) is 15.8 Å². The molecule has 0 aliphatic heterocycles. The van der Waals surface area contributed by atoms with Crippen molar-refractivity contribution in [3.8, 4) is 0 Å². The number of benzene rings is 2. The molecule has 2 aromatic carbocycles. The van der Waals surface area contributed by atoms with Crippen molar-refractivity contribution >= 4 is 64.9 Å². The molecule has 0 heterocycles. The molecule has 0 unspecified atom stereocenters. The van der Waals surface area contributed by atoms with Crippen molar-refractivity contribution in [2.24, 2.45) is 0 Å². The van der Waals surface area contributed by atoms with Crippen LogP contribution < -0.4 is 10.5 Å². The fraction of sp³-hybridized carbons (Fsp3) is 0. The monoisotopic (exact) mass is 456 g/mol. The zero-order chi connectivity index (χ0) is 15.8. The molecule has 0 radical (unpaired) electrons. The summed E-state index contributed by atoms with van der Waals surface area (Å²) in [5.74, 6) is -0.638. The van der Waals surface area contributed by atoms with Crippen molar-refractivity contribution in [2.75, 3.05) is 10.5 Å². The Morgan fingerprint density at radius 2 is 1.81 bits per heavy atom. The number of sulfonamides is 1. The molecule has 0 aliphatic carbocycles. The largest absolute Gasteiger partial charge is 0.398 e. The van der Waals surface area contributed by atoms with Gasteiger partial charge in [-0.15, -0.1) is 0 Å². The van der Waals surface area contributed by atoms with E-state index < -0.39 is 15.8 Å². The van der Waals surface area contributed by atoms with Crippen LogP contribution in [0.3, 0.4) is 0 Å². The first-order valence-electron chi connectivity index (χ1n) is 5.43. The van der Waals surface area contributed by atoms with Crippen LogP contribution in [-0.4, -0.2) is 8.42 Å². The summed E-state index contributed by atoms with van der Waals surface area (Å²) < 4.78 is 40.8. The van der Waals surface area contributed by atoms with Crippen LogP contribution in [-0.2, 0) is 10.0 Å². The van der Waals surface area contributed by atoms with E-state index in [0.29, 0.717) is 15.2 Å². The number of hydrogen-bond acceptors (Lipinski definition) is 3. The number of nitrogen functional groups attached to an aromatic ring is 1. The molecular formula is C12H8Br2ClFN2O2S. The SMILES string of the molecule is Nc1cc(F)c(Br)cc1S(=O)(=O)Nc1ccc(Cl)c(Br)c1. The summed E-state index contributed by atoms with van der Waals surface area (Å²) in [4.78, 5) is -0.221. The van der Waals surface area contributed by atoms with E-state index in [0.717, 1.165) is 12.1 Å². The number of anilines is 2. The first-order valence-corrected chi connectivity index (χ1v) is 8.88. The van der Waals surface area contributed by atoms with E-state index in [1.807, 2.05) is 0 Å². The Bertz CT molecular complexity index is 815. The Kier molecular flexibility index (Phi) is 4.82. The molecular weight excluding hydrogens is 450 g/mol. The van der Waals surface area contributed by atoms with Gasteiger partial charge in [0, 0.05) is 4.47 Å². The number of rotatable bonds is 3. The highest BCUT2D eigenvalue weighted by molar-refractivity contribution is 9.10. The molecule has 3 N–H and O–H groups in total. The molecule has 4 nitrogen and oxygen atoms in total. The van der Waals surface area contributed by atoms with Crippen molar-refractivity contribution in [3.05, 3.63) is 50.1 Å². The Balaban J connectivity index is 2.43. The van der Waals surface area contributed by atoms with Gasteiger partial charge in [-0.3, -0.25) is 4.72 Å². The van der Waals surface area contributed by atoms with Gasteiger partial charge in [-0.25, -0.2) is 12.8 Å². The lowest BCUT2D eigenvalue weighted by Gasteiger charge is -2.11. The standard InChI is InChI=1S/C12H8Br2ClFN2O2S/c13-7-3-6(1-2-9(7)15)18-21(19,20)12-4-8(14)10(16)5-11(12)17/h1-5,18H,17H2. The Hall–Kier alpha value is -0.830. The van der Waals surface area contributed by atoms with Gasteiger partial charge in [0.2, 0.25) is 0 Å². The molecule has 0 atom stereocenters. The van der Waals surface area contributed by atoms with Crippen molar-refractivity contribution in [3.63, 3.8) is 0 Å². The first-order chi connectivity index (χ1) is 9.70. The minimum atomic E-state index is -3.95. The van der Waals surface area contributed by atoms with Gasteiger partial charge in [-0.1, -0.05) is 11.6 Å². The third kappa shape index (κ3) is 3.68. The lowest BCUT2D eigenvalue weighted by Crippen LogP contribution is -2.15. The maximum atomic E-state index is 13.3. The second-order valence-corrected chi connectivity index (χ2v) is 7.81.